The van der Waals surface area contributed by atoms with E-state index in [2.05, 4.69) is 38.2 Å². The minimum absolute atomic E-state index is 0.0518. The summed E-state index contributed by atoms with van der Waals surface area (Å²) in [6, 6.07) is 0.0656. The van der Waals surface area contributed by atoms with Gasteiger partial charge < -0.3 is 11.1 Å². The first kappa shape index (κ1) is 12.0. The summed E-state index contributed by atoms with van der Waals surface area (Å²) in [4.78, 5) is 11.6. The first-order valence-electron chi connectivity index (χ1n) is 6.05. The molecule has 3 N–H and O–H groups in total. The average molecular weight is 232 g/mol. The standard InChI is InChI=1S/C14H20N2O/c1-9-4-5-11(15)7-10(6-9)13-14(2,3)8-12(17)16-13/h4-7,9,13H,8,15H2,1-3H3,(H,16,17). The number of hydrogen-bond donors (Lipinski definition) is 2. The number of hydrogen-bond acceptors (Lipinski definition) is 2. The van der Waals surface area contributed by atoms with Gasteiger partial charge in [0.25, 0.3) is 0 Å². The monoisotopic (exact) mass is 232 g/mol. The number of allylic oxidation sites excluding steroid dienone is 3. The molecule has 92 valence electrons. The molecule has 2 rings (SSSR count). The molecular formula is C14H20N2O. The van der Waals surface area contributed by atoms with Gasteiger partial charge >= 0.3 is 0 Å². The van der Waals surface area contributed by atoms with Gasteiger partial charge in [0.05, 0.1) is 6.04 Å². The molecule has 0 radical (unpaired) electrons. The van der Waals surface area contributed by atoms with Gasteiger partial charge in [-0.05, 0) is 29.1 Å². The lowest BCUT2D eigenvalue weighted by Crippen LogP contribution is -2.35. The summed E-state index contributed by atoms with van der Waals surface area (Å²) in [6.45, 7) is 6.35. The Morgan fingerprint density at radius 3 is 2.76 bits per heavy atom. The van der Waals surface area contributed by atoms with E-state index in [0.717, 1.165) is 11.3 Å². The van der Waals surface area contributed by atoms with Gasteiger partial charge in [-0.2, -0.15) is 0 Å². The molecule has 3 heteroatoms. The Kier molecular flexibility index (Phi) is 2.86. The predicted molar refractivity (Wildman–Crippen MR) is 69.0 cm³/mol. The third kappa shape index (κ3) is 2.43. The number of rotatable bonds is 1. The van der Waals surface area contributed by atoms with Gasteiger partial charge in [-0.25, -0.2) is 0 Å². The number of carbonyl (C=O) groups is 1. The van der Waals surface area contributed by atoms with Crippen LogP contribution in [0.2, 0.25) is 0 Å². The van der Waals surface area contributed by atoms with E-state index >= 15 is 0 Å². The topological polar surface area (TPSA) is 55.1 Å². The maximum absolute atomic E-state index is 11.6. The summed E-state index contributed by atoms with van der Waals surface area (Å²) < 4.78 is 0. The van der Waals surface area contributed by atoms with E-state index in [0.29, 0.717) is 12.3 Å². The van der Waals surface area contributed by atoms with Crippen molar-refractivity contribution in [2.24, 2.45) is 17.1 Å². The summed E-state index contributed by atoms with van der Waals surface area (Å²) in [7, 11) is 0. The second kappa shape index (κ2) is 4.06. The highest BCUT2D eigenvalue weighted by Gasteiger charge is 2.40. The van der Waals surface area contributed by atoms with Gasteiger partial charge in [-0.1, -0.05) is 32.9 Å². The highest BCUT2D eigenvalue weighted by molar-refractivity contribution is 5.80. The summed E-state index contributed by atoms with van der Waals surface area (Å²) in [5, 5.41) is 3.05. The zero-order valence-corrected chi connectivity index (χ0v) is 10.7. The Labute approximate surface area is 102 Å². The normalized spacial score (nSPS) is 31.6. The Bertz CT molecular complexity index is 430. The van der Waals surface area contributed by atoms with Gasteiger partial charge in [-0.15, -0.1) is 0 Å². The average Bonchev–Trinajstić information content (AvgIpc) is 2.37. The quantitative estimate of drug-likeness (QED) is 0.725. The van der Waals surface area contributed by atoms with Crippen molar-refractivity contribution in [1.82, 2.24) is 5.32 Å². The molecule has 0 saturated carbocycles. The second-order valence-electron chi connectivity index (χ2n) is 5.70. The fraction of sp³-hybridized carbons (Fsp3) is 0.500. The van der Waals surface area contributed by atoms with Crippen molar-refractivity contribution in [3.05, 3.63) is 35.6 Å². The van der Waals surface area contributed by atoms with E-state index in [9.17, 15) is 4.79 Å². The molecule has 2 aliphatic rings. The molecule has 1 amide bonds. The van der Waals surface area contributed by atoms with Crippen molar-refractivity contribution < 1.29 is 4.79 Å². The molecule has 0 aromatic carbocycles. The third-order valence-electron chi connectivity index (χ3n) is 3.42. The number of carbonyl (C=O) groups excluding carboxylic acids is 1. The molecule has 0 aromatic rings. The molecule has 1 heterocycles. The highest BCUT2D eigenvalue weighted by Crippen LogP contribution is 2.36. The van der Waals surface area contributed by atoms with Crippen molar-refractivity contribution in [2.75, 3.05) is 0 Å². The van der Waals surface area contributed by atoms with Gasteiger partial charge in [0, 0.05) is 12.1 Å². The predicted octanol–water partition coefficient (Wildman–Crippen LogP) is 1.88. The summed E-state index contributed by atoms with van der Waals surface area (Å²) in [5.74, 6) is 0.466. The Hall–Kier alpha value is -1.51. The summed E-state index contributed by atoms with van der Waals surface area (Å²) in [5.41, 5.74) is 7.72. The number of amides is 1. The van der Waals surface area contributed by atoms with Crippen LogP contribution in [0.3, 0.4) is 0 Å². The van der Waals surface area contributed by atoms with Crippen molar-refractivity contribution in [3.8, 4) is 0 Å². The first-order chi connectivity index (χ1) is 7.88. The Balaban J connectivity index is 2.34. The zero-order chi connectivity index (χ0) is 12.6. The minimum Gasteiger partial charge on any atom is -0.399 e. The van der Waals surface area contributed by atoms with Crippen LogP contribution in [0.4, 0.5) is 0 Å². The Morgan fingerprint density at radius 1 is 1.47 bits per heavy atom. The van der Waals surface area contributed by atoms with Crippen LogP contribution >= 0.6 is 0 Å². The van der Waals surface area contributed by atoms with Gasteiger partial charge in [-0.3, -0.25) is 4.79 Å². The summed E-state index contributed by atoms with van der Waals surface area (Å²) >= 11 is 0. The molecule has 1 fully saturated rings. The lowest BCUT2D eigenvalue weighted by molar-refractivity contribution is -0.119. The molecule has 1 aliphatic carbocycles. The fourth-order valence-electron chi connectivity index (χ4n) is 2.55. The maximum Gasteiger partial charge on any atom is 0.221 e. The van der Waals surface area contributed by atoms with Crippen LogP contribution in [0.15, 0.2) is 35.6 Å². The zero-order valence-electron chi connectivity index (χ0n) is 10.7. The largest absolute Gasteiger partial charge is 0.399 e. The molecule has 0 aromatic heterocycles. The van der Waals surface area contributed by atoms with Crippen molar-refractivity contribution in [3.63, 3.8) is 0 Å². The van der Waals surface area contributed by atoms with E-state index in [4.69, 9.17) is 5.73 Å². The highest BCUT2D eigenvalue weighted by atomic mass is 16.2. The second-order valence-corrected chi connectivity index (χ2v) is 5.70. The van der Waals surface area contributed by atoms with E-state index in [1.807, 2.05) is 12.2 Å². The van der Waals surface area contributed by atoms with Crippen LogP contribution in [0.25, 0.3) is 0 Å². The summed E-state index contributed by atoms with van der Waals surface area (Å²) in [6.07, 6.45) is 8.72. The van der Waals surface area contributed by atoms with E-state index in [1.165, 1.54) is 0 Å². The van der Waals surface area contributed by atoms with Crippen LogP contribution in [-0.2, 0) is 4.79 Å². The smallest absolute Gasteiger partial charge is 0.221 e. The molecule has 2 unspecified atom stereocenters. The molecule has 0 spiro atoms. The van der Waals surface area contributed by atoms with Crippen LogP contribution in [0, 0.1) is 11.3 Å². The SMILES string of the molecule is CC1C=CC(N)=CC(C2NC(=O)CC2(C)C)=C1. The van der Waals surface area contributed by atoms with Crippen LogP contribution in [0.1, 0.15) is 27.2 Å². The molecular weight excluding hydrogens is 212 g/mol. The van der Waals surface area contributed by atoms with Gasteiger partial charge in [0.1, 0.15) is 0 Å². The first-order valence-corrected chi connectivity index (χ1v) is 6.05. The van der Waals surface area contributed by atoms with Crippen LogP contribution in [-0.4, -0.2) is 11.9 Å². The molecule has 1 aliphatic heterocycles. The molecule has 0 bridgehead atoms. The fourth-order valence-corrected chi connectivity index (χ4v) is 2.55. The maximum atomic E-state index is 11.6. The lowest BCUT2D eigenvalue weighted by Gasteiger charge is -2.27. The van der Waals surface area contributed by atoms with Gasteiger partial charge in [0.2, 0.25) is 5.91 Å². The van der Waals surface area contributed by atoms with E-state index < -0.39 is 0 Å². The molecule has 1 saturated heterocycles. The van der Waals surface area contributed by atoms with E-state index in [1.54, 1.807) is 0 Å². The van der Waals surface area contributed by atoms with Crippen molar-refractivity contribution >= 4 is 5.91 Å². The Morgan fingerprint density at radius 2 is 2.18 bits per heavy atom. The third-order valence-corrected chi connectivity index (χ3v) is 3.42. The molecule has 3 nitrogen and oxygen atoms in total. The van der Waals surface area contributed by atoms with E-state index in [-0.39, 0.29) is 17.4 Å². The van der Waals surface area contributed by atoms with Crippen molar-refractivity contribution in [2.45, 2.75) is 33.2 Å². The number of nitrogens with one attached hydrogen (secondary N) is 1. The van der Waals surface area contributed by atoms with Gasteiger partial charge in [0.15, 0.2) is 0 Å². The molecule has 2 atom stereocenters. The van der Waals surface area contributed by atoms with Crippen molar-refractivity contribution in [1.29, 1.82) is 0 Å². The van der Waals surface area contributed by atoms with Crippen LogP contribution < -0.4 is 11.1 Å². The molecule has 17 heavy (non-hydrogen) atoms. The minimum atomic E-state index is -0.0518. The van der Waals surface area contributed by atoms with Crippen LogP contribution in [0.5, 0.6) is 0 Å². The lowest BCUT2D eigenvalue weighted by atomic mass is 9.80. The number of nitrogens with two attached hydrogens (primary N) is 1.